The summed E-state index contributed by atoms with van der Waals surface area (Å²) in [4.78, 5) is 29.6. The van der Waals surface area contributed by atoms with Crippen molar-refractivity contribution < 1.29 is 18.3 Å². The van der Waals surface area contributed by atoms with Crippen molar-refractivity contribution in [2.75, 3.05) is 11.9 Å². The lowest BCUT2D eigenvalue weighted by Gasteiger charge is -2.18. The molecule has 10 heteroatoms. The second-order valence-electron chi connectivity index (χ2n) is 7.50. The number of benzene rings is 1. The molecule has 3 heterocycles. The maximum atomic E-state index is 14.5. The number of pyridine rings is 1. The van der Waals surface area contributed by atoms with Crippen molar-refractivity contribution in [1.82, 2.24) is 14.9 Å². The molecule has 3 aromatic rings. The van der Waals surface area contributed by atoms with Crippen LogP contribution in [0.3, 0.4) is 0 Å². The van der Waals surface area contributed by atoms with Crippen LogP contribution in [0.15, 0.2) is 65.7 Å². The van der Waals surface area contributed by atoms with E-state index in [-0.39, 0.29) is 16.5 Å². The van der Waals surface area contributed by atoms with Gasteiger partial charge < -0.3 is 15.8 Å². The van der Waals surface area contributed by atoms with Crippen LogP contribution >= 0.6 is 0 Å². The first-order valence-electron chi connectivity index (χ1n) is 10.1. The molecule has 0 aliphatic carbocycles. The normalized spacial score (nSPS) is 15.2. The molecular weight excluding hydrogens is 420 g/mol. The molecule has 4 rings (SSSR count). The Morgan fingerprint density at radius 1 is 1.22 bits per heavy atom. The Kier molecular flexibility index (Phi) is 5.85. The van der Waals surface area contributed by atoms with E-state index >= 15 is 0 Å². The van der Waals surface area contributed by atoms with Crippen molar-refractivity contribution in [1.29, 1.82) is 0 Å². The molecule has 0 saturated carbocycles. The molecule has 8 nitrogen and oxygen atoms in total. The Morgan fingerprint density at radius 2 is 1.97 bits per heavy atom. The fourth-order valence-corrected chi connectivity index (χ4v) is 3.71. The van der Waals surface area contributed by atoms with E-state index in [2.05, 4.69) is 15.6 Å². The number of amides is 1. The van der Waals surface area contributed by atoms with Crippen LogP contribution in [0.5, 0.6) is 0 Å². The zero-order valence-electron chi connectivity index (χ0n) is 17.0. The molecule has 1 amide bonds. The Morgan fingerprint density at radius 3 is 2.72 bits per heavy atom. The van der Waals surface area contributed by atoms with Crippen LogP contribution in [0, 0.1) is 5.21 Å². The topological polar surface area (TPSA) is 103 Å². The SMILES string of the molecule is O=C(NCc1ccccc1)C1CCc2cnc(NCC(F)(F)c3cccc[n+]3[O-])c(=O)n21. The highest BCUT2D eigenvalue weighted by atomic mass is 19.3. The fraction of sp³-hybridized carbons (Fsp3) is 0.273. The summed E-state index contributed by atoms with van der Waals surface area (Å²) in [5.41, 5.74) is 0.0838. The lowest BCUT2D eigenvalue weighted by molar-refractivity contribution is -0.624. The Balaban J connectivity index is 1.49. The number of halogens is 2. The van der Waals surface area contributed by atoms with E-state index < -0.39 is 29.8 Å². The standard InChI is InChI=1S/C22H21F2N5O3/c23-22(24,18-8-4-5-11-28(18)32)14-27-19-21(31)29-16(13-25-19)9-10-17(29)20(30)26-12-15-6-2-1-3-7-15/h1-8,11,13,17H,9-10,12,14H2,(H,25,27)(H,26,30). The average Bonchev–Trinajstić information content (AvgIpc) is 3.23. The Bertz CT molecular complexity index is 1180. The molecule has 0 radical (unpaired) electrons. The molecule has 0 saturated heterocycles. The van der Waals surface area contributed by atoms with E-state index in [1.165, 1.54) is 22.9 Å². The van der Waals surface area contributed by atoms with Gasteiger partial charge in [-0.2, -0.15) is 13.5 Å². The van der Waals surface area contributed by atoms with Gasteiger partial charge in [-0.1, -0.05) is 30.3 Å². The molecule has 2 aromatic heterocycles. The summed E-state index contributed by atoms with van der Waals surface area (Å²) in [7, 11) is 0. The van der Waals surface area contributed by atoms with Gasteiger partial charge in [-0.15, -0.1) is 0 Å². The number of hydrogen-bond donors (Lipinski definition) is 2. The first kappa shape index (κ1) is 21.4. The van der Waals surface area contributed by atoms with Gasteiger partial charge in [-0.25, -0.2) is 4.98 Å². The van der Waals surface area contributed by atoms with Gasteiger partial charge in [-0.3, -0.25) is 14.2 Å². The Hall–Kier alpha value is -3.82. The van der Waals surface area contributed by atoms with Crippen LogP contribution in [0.4, 0.5) is 14.6 Å². The molecule has 2 N–H and O–H groups in total. The Labute approximate surface area is 182 Å². The van der Waals surface area contributed by atoms with Crippen LogP contribution in [0.2, 0.25) is 0 Å². The summed E-state index contributed by atoms with van der Waals surface area (Å²) in [6, 6.07) is 12.3. The maximum Gasteiger partial charge on any atom is 0.347 e. The van der Waals surface area contributed by atoms with Crippen molar-refractivity contribution in [2.45, 2.75) is 31.4 Å². The van der Waals surface area contributed by atoms with Crippen molar-refractivity contribution in [2.24, 2.45) is 0 Å². The quantitative estimate of drug-likeness (QED) is 0.431. The number of anilines is 1. The summed E-state index contributed by atoms with van der Waals surface area (Å²) in [6.07, 6.45) is 3.27. The molecule has 0 fully saturated rings. The highest BCUT2D eigenvalue weighted by Gasteiger charge is 2.40. The van der Waals surface area contributed by atoms with Gasteiger partial charge >= 0.3 is 5.92 Å². The third-order valence-electron chi connectivity index (χ3n) is 5.35. The highest BCUT2D eigenvalue weighted by Crippen LogP contribution is 2.26. The minimum atomic E-state index is -3.53. The van der Waals surface area contributed by atoms with Gasteiger partial charge in [0, 0.05) is 30.6 Å². The number of fused-ring (bicyclic) bond motifs is 1. The van der Waals surface area contributed by atoms with Crippen LogP contribution < -0.4 is 20.9 Å². The number of carbonyl (C=O) groups excluding carboxylic acids is 1. The second-order valence-corrected chi connectivity index (χ2v) is 7.50. The van der Waals surface area contributed by atoms with Crippen LogP contribution in [-0.4, -0.2) is 22.0 Å². The lowest BCUT2D eigenvalue weighted by Crippen LogP contribution is -2.42. The number of hydrogen-bond acceptors (Lipinski definition) is 5. The van der Waals surface area contributed by atoms with Gasteiger partial charge in [0.25, 0.3) is 11.3 Å². The highest BCUT2D eigenvalue weighted by molar-refractivity contribution is 5.81. The molecule has 1 aliphatic heterocycles. The number of nitrogens with zero attached hydrogens (tertiary/aromatic N) is 3. The summed E-state index contributed by atoms with van der Waals surface area (Å²) in [5, 5.41) is 16.8. The lowest BCUT2D eigenvalue weighted by atomic mass is 10.2. The summed E-state index contributed by atoms with van der Waals surface area (Å²) in [5.74, 6) is -4.16. The third-order valence-corrected chi connectivity index (χ3v) is 5.35. The zero-order chi connectivity index (χ0) is 22.7. The third kappa shape index (κ3) is 4.29. The van der Waals surface area contributed by atoms with Crippen LogP contribution in [0.1, 0.15) is 29.4 Å². The predicted octanol–water partition coefficient (Wildman–Crippen LogP) is 1.88. The van der Waals surface area contributed by atoms with E-state index in [0.717, 1.165) is 17.8 Å². The van der Waals surface area contributed by atoms with Crippen LogP contribution in [-0.2, 0) is 23.7 Å². The number of aromatic nitrogens is 3. The van der Waals surface area contributed by atoms with E-state index in [9.17, 15) is 23.6 Å². The van der Waals surface area contributed by atoms with E-state index in [4.69, 9.17) is 0 Å². The predicted molar refractivity (Wildman–Crippen MR) is 112 cm³/mol. The number of rotatable bonds is 7. The molecular formula is C22H21F2N5O3. The first-order valence-corrected chi connectivity index (χ1v) is 10.1. The second kappa shape index (κ2) is 8.74. The molecule has 1 atom stereocenters. The molecule has 166 valence electrons. The molecule has 32 heavy (non-hydrogen) atoms. The van der Waals surface area contributed by atoms with E-state index in [1.54, 1.807) is 0 Å². The zero-order valence-corrected chi connectivity index (χ0v) is 17.0. The van der Waals surface area contributed by atoms with Gasteiger partial charge in [0.1, 0.15) is 6.04 Å². The number of nitrogens with one attached hydrogen (secondary N) is 2. The average molecular weight is 441 g/mol. The molecule has 0 spiro atoms. The minimum absolute atomic E-state index is 0.0811. The monoisotopic (exact) mass is 441 g/mol. The maximum absolute atomic E-state index is 14.5. The van der Waals surface area contributed by atoms with Crippen molar-refractivity contribution >= 4 is 11.7 Å². The van der Waals surface area contributed by atoms with Crippen molar-refractivity contribution in [3.8, 4) is 0 Å². The minimum Gasteiger partial charge on any atom is -0.618 e. The van der Waals surface area contributed by atoms with Gasteiger partial charge in [-0.05, 0) is 24.5 Å². The molecule has 0 bridgehead atoms. The summed E-state index contributed by atoms with van der Waals surface area (Å²) < 4.78 is 30.4. The summed E-state index contributed by atoms with van der Waals surface area (Å²) in [6.45, 7) is -0.680. The van der Waals surface area contributed by atoms with Crippen molar-refractivity contribution in [3.63, 3.8) is 0 Å². The number of alkyl halides is 2. The smallest absolute Gasteiger partial charge is 0.347 e. The molecule has 1 aliphatic rings. The van der Waals surface area contributed by atoms with Crippen molar-refractivity contribution in [3.05, 3.63) is 93.4 Å². The molecule has 1 unspecified atom stereocenters. The summed E-state index contributed by atoms with van der Waals surface area (Å²) >= 11 is 0. The van der Waals surface area contributed by atoms with E-state index in [1.807, 2.05) is 30.3 Å². The van der Waals surface area contributed by atoms with Gasteiger partial charge in [0.2, 0.25) is 5.91 Å². The van der Waals surface area contributed by atoms with Crippen LogP contribution in [0.25, 0.3) is 0 Å². The first-order chi connectivity index (χ1) is 15.4. The van der Waals surface area contributed by atoms with Gasteiger partial charge in [0.15, 0.2) is 12.0 Å². The fourth-order valence-electron chi connectivity index (χ4n) is 3.71. The number of aryl methyl sites for hydroxylation is 1. The van der Waals surface area contributed by atoms with E-state index in [0.29, 0.717) is 25.1 Å². The molecule has 1 aromatic carbocycles. The van der Waals surface area contributed by atoms with Gasteiger partial charge in [0.05, 0.1) is 6.54 Å². The largest absolute Gasteiger partial charge is 0.618 e. The number of carbonyl (C=O) groups is 1.